The molecule has 6 nitrogen and oxygen atoms in total. The Morgan fingerprint density at radius 2 is 2.07 bits per heavy atom. The third-order valence-corrected chi connectivity index (χ3v) is 7.47. The van der Waals surface area contributed by atoms with E-state index in [2.05, 4.69) is 20.9 Å². The first kappa shape index (κ1) is 18.1. The van der Waals surface area contributed by atoms with Crippen molar-refractivity contribution < 1.29 is 4.79 Å². The third kappa shape index (κ3) is 3.66. The molecule has 2 saturated carbocycles. The van der Waals surface area contributed by atoms with Crippen molar-refractivity contribution >= 4 is 16.9 Å². The van der Waals surface area contributed by atoms with Gasteiger partial charge in [-0.3, -0.25) is 4.79 Å². The second-order valence-corrected chi connectivity index (χ2v) is 9.50. The van der Waals surface area contributed by atoms with Crippen molar-refractivity contribution in [3.8, 4) is 0 Å². The summed E-state index contributed by atoms with van der Waals surface area (Å²) in [6.07, 6.45) is 11.0. The van der Waals surface area contributed by atoms with Crippen LogP contribution in [-0.2, 0) is 18.4 Å². The van der Waals surface area contributed by atoms with Crippen LogP contribution in [0.25, 0.3) is 11.0 Å². The van der Waals surface area contributed by atoms with E-state index in [1.807, 2.05) is 25.2 Å². The van der Waals surface area contributed by atoms with Crippen LogP contribution in [0.3, 0.4) is 0 Å². The van der Waals surface area contributed by atoms with Crippen LogP contribution in [0.4, 0.5) is 0 Å². The Morgan fingerprint density at radius 1 is 1.25 bits per heavy atom. The Bertz CT molecular complexity index is 861. The first-order valence-corrected chi connectivity index (χ1v) is 10.9. The van der Waals surface area contributed by atoms with E-state index >= 15 is 0 Å². The number of carbonyl (C=O) groups excluding carboxylic acids is 1. The zero-order valence-electron chi connectivity index (χ0n) is 16.8. The summed E-state index contributed by atoms with van der Waals surface area (Å²) in [6.45, 7) is 1.53. The molecule has 2 aliphatic carbocycles. The van der Waals surface area contributed by atoms with E-state index in [1.165, 1.54) is 44.9 Å². The van der Waals surface area contributed by atoms with E-state index in [0.29, 0.717) is 12.5 Å². The number of carbonyl (C=O) groups is 1. The fourth-order valence-corrected chi connectivity index (χ4v) is 5.37. The van der Waals surface area contributed by atoms with E-state index in [1.54, 1.807) is 4.68 Å². The minimum atomic E-state index is -0.0383. The van der Waals surface area contributed by atoms with Gasteiger partial charge in [0.15, 0.2) is 0 Å². The largest absolute Gasteiger partial charge is 0.351 e. The standard InChI is InChI=1S/C22H31N5O/c1-27-20-3-2-16(11-18(20)25-26-27)13-24-21(28)19-12-17(14-23-19)10-15-4-6-22(7-5-15)8-9-22/h2-3,11,15,17,19,23H,4-10,12-14H2,1H3,(H,24,28)/t17-,19+/m1/s1. The summed E-state index contributed by atoms with van der Waals surface area (Å²) in [4.78, 5) is 12.6. The molecule has 1 aliphatic heterocycles. The Kier molecular flexibility index (Phi) is 4.62. The molecule has 2 atom stereocenters. The van der Waals surface area contributed by atoms with E-state index in [4.69, 9.17) is 0 Å². The van der Waals surface area contributed by atoms with Gasteiger partial charge in [-0.25, -0.2) is 4.68 Å². The normalized spacial score (nSPS) is 26.8. The monoisotopic (exact) mass is 381 g/mol. The van der Waals surface area contributed by atoms with Crippen molar-refractivity contribution in [3.05, 3.63) is 23.8 Å². The number of aryl methyl sites for hydroxylation is 1. The number of amides is 1. The molecule has 0 unspecified atom stereocenters. The molecule has 2 aromatic rings. The number of benzene rings is 1. The molecule has 0 radical (unpaired) electrons. The van der Waals surface area contributed by atoms with Gasteiger partial charge in [-0.05, 0) is 92.9 Å². The molecule has 150 valence electrons. The highest BCUT2D eigenvalue weighted by Gasteiger charge is 2.45. The molecule has 1 aromatic carbocycles. The maximum absolute atomic E-state index is 12.6. The minimum absolute atomic E-state index is 0.0383. The van der Waals surface area contributed by atoms with Crippen LogP contribution >= 0.6 is 0 Å². The van der Waals surface area contributed by atoms with Crippen LogP contribution in [0.2, 0.25) is 0 Å². The number of nitrogens with one attached hydrogen (secondary N) is 2. The second-order valence-electron chi connectivity index (χ2n) is 9.50. The van der Waals surface area contributed by atoms with Gasteiger partial charge in [-0.1, -0.05) is 11.3 Å². The lowest BCUT2D eigenvalue weighted by atomic mass is 9.76. The summed E-state index contributed by atoms with van der Waals surface area (Å²) in [5.41, 5.74) is 3.72. The molecular weight excluding hydrogens is 350 g/mol. The van der Waals surface area contributed by atoms with Gasteiger partial charge < -0.3 is 10.6 Å². The van der Waals surface area contributed by atoms with Gasteiger partial charge in [0.05, 0.1) is 11.6 Å². The summed E-state index contributed by atoms with van der Waals surface area (Å²) >= 11 is 0. The topological polar surface area (TPSA) is 71.8 Å². The Balaban J connectivity index is 1.09. The van der Waals surface area contributed by atoms with Crippen molar-refractivity contribution in [3.63, 3.8) is 0 Å². The van der Waals surface area contributed by atoms with Crippen LogP contribution < -0.4 is 10.6 Å². The Labute approximate surface area is 166 Å². The molecule has 1 aromatic heterocycles. The molecule has 3 aliphatic rings. The van der Waals surface area contributed by atoms with Crippen molar-refractivity contribution in [1.82, 2.24) is 25.6 Å². The number of rotatable bonds is 5. The van der Waals surface area contributed by atoms with Crippen LogP contribution in [0.15, 0.2) is 18.2 Å². The van der Waals surface area contributed by atoms with Crippen molar-refractivity contribution in [1.29, 1.82) is 0 Å². The molecule has 1 amide bonds. The Hall–Kier alpha value is -1.95. The molecule has 0 bridgehead atoms. The fraction of sp³-hybridized carbons (Fsp3) is 0.682. The number of fused-ring (bicyclic) bond motifs is 1. The van der Waals surface area contributed by atoms with Crippen molar-refractivity contribution in [2.24, 2.45) is 24.3 Å². The van der Waals surface area contributed by atoms with Crippen LogP contribution in [0.5, 0.6) is 0 Å². The average Bonchev–Trinajstić information content (AvgIpc) is 3.12. The maximum atomic E-state index is 12.6. The molecule has 1 spiro atoms. The molecular formula is C22H31N5O. The van der Waals surface area contributed by atoms with E-state index in [9.17, 15) is 4.79 Å². The van der Waals surface area contributed by atoms with Crippen molar-refractivity contribution in [2.75, 3.05) is 6.54 Å². The zero-order chi connectivity index (χ0) is 19.1. The molecule has 28 heavy (non-hydrogen) atoms. The van der Waals surface area contributed by atoms with E-state index in [0.717, 1.165) is 40.9 Å². The first-order valence-electron chi connectivity index (χ1n) is 10.9. The van der Waals surface area contributed by atoms with Crippen LogP contribution in [-0.4, -0.2) is 33.5 Å². The summed E-state index contributed by atoms with van der Waals surface area (Å²) < 4.78 is 1.76. The average molecular weight is 382 g/mol. The van der Waals surface area contributed by atoms with Gasteiger partial charge in [-0.15, -0.1) is 5.10 Å². The quantitative estimate of drug-likeness (QED) is 0.835. The lowest BCUT2D eigenvalue weighted by Gasteiger charge is -2.29. The molecule has 2 heterocycles. The fourth-order valence-electron chi connectivity index (χ4n) is 5.37. The molecule has 5 rings (SSSR count). The number of hydrogen-bond acceptors (Lipinski definition) is 4. The van der Waals surface area contributed by atoms with Crippen LogP contribution in [0.1, 0.15) is 56.9 Å². The van der Waals surface area contributed by atoms with Gasteiger partial charge in [0.25, 0.3) is 0 Å². The predicted molar refractivity (Wildman–Crippen MR) is 108 cm³/mol. The van der Waals surface area contributed by atoms with Gasteiger partial charge in [-0.2, -0.15) is 0 Å². The number of nitrogens with zero attached hydrogens (tertiary/aromatic N) is 3. The second kappa shape index (κ2) is 7.14. The lowest BCUT2D eigenvalue weighted by molar-refractivity contribution is -0.123. The van der Waals surface area contributed by atoms with Crippen molar-refractivity contribution in [2.45, 2.75) is 64.0 Å². The third-order valence-electron chi connectivity index (χ3n) is 7.47. The van der Waals surface area contributed by atoms with Gasteiger partial charge >= 0.3 is 0 Å². The maximum Gasteiger partial charge on any atom is 0.237 e. The van der Waals surface area contributed by atoms with E-state index in [-0.39, 0.29) is 11.9 Å². The number of hydrogen-bond donors (Lipinski definition) is 2. The van der Waals surface area contributed by atoms with Gasteiger partial charge in [0.1, 0.15) is 5.52 Å². The summed E-state index contributed by atoms with van der Waals surface area (Å²) in [6, 6.07) is 6.01. The SMILES string of the molecule is Cn1nnc2cc(CNC(=O)[C@@H]3C[C@@H](CC4CCC5(CC4)CC5)CN3)ccc21. The Morgan fingerprint density at radius 3 is 2.86 bits per heavy atom. The first-order chi connectivity index (χ1) is 13.6. The van der Waals surface area contributed by atoms with Gasteiger partial charge in [0.2, 0.25) is 5.91 Å². The summed E-state index contributed by atoms with van der Waals surface area (Å²) in [7, 11) is 1.89. The zero-order valence-corrected chi connectivity index (χ0v) is 16.8. The van der Waals surface area contributed by atoms with Gasteiger partial charge in [0, 0.05) is 13.6 Å². The summed E-state index contributed by atoms with van der Waals surface area (Å²) in [5.74, 6) is 1.67. The van der Waals surface area contributed by atoms with Crippen LogP contribution in [0, 0.1) is 17.3 Å². The lowest BCUT2D eigenvalue weighted by Crippen LogP contribution is -2.39. The highest BCUT2D eigenvalue weighted by atomic mass is 16.2. The number of aromatic nitrogens is 3. The predicted octanol–water partition coefficient (Wildman–Crippen LogP) is 2.92. The molecule has 6 heteroatoms. The highest BCUT2D eigenvalue weighted by molar-refractivity contribution is 5.82. The molecule has 2 N–H and O–H groups in total. The molecule has 3 fully saturated rings. The highest BCUT2D eigenvalue weighted by Crippen LogP contribution is 2.57. The smallest absolute Gasteiger partial charge is 0.237 e. The molecule has 1 saturated heterocycles. The minimum Gasteiger partial charge on any atom is -0.351 e. The van der Waals surface area contributed by atoms with E-state index < -0.39 is 0 Å². The summed E-state index contributed by atoms with van der Waals surface area (Å²) in [5, 5.41) is 14.7.